The van der Waals surface area contributed by atoms with Crippen LogP contribution in [0, 0.1) is 4.91 Å². The van der Waals surface area contributed by atoms with Crippen LogP contribution < -0.4 is 0 Å². The summed E-state index contributed by atoms with van der Waals surface area (Å²) in [5, 5.41) is 2.97. The molecule has 2 aromatic rings. The summed E-state index contributed by atoms with van der Waals surface area (Å²) in [7, 11) is 0. The first-order chi connectivity index (χ1) is 11.7. The standard InChI is InChI=1S/C17H12Cl2F3NOS/c1-25-14-4-2-10(3-5-14)16(23-24)9-15(17(20,21)22)11-6-12(18)8-13(19)7-11/h2-9,16H,1H3. The summed E-state index contributed by atoms with van der Waals surface area (Å²) in [6, 6.07) is 8.92. The van der Waals surface area contributed by atoms with Gasteiger partial charge in [0, 0.05) is 14.9 Å². The summed E-state index contributed by atoms with van der Waals surface area (Å²) < 4.78 is 40.5. The third kappa shape index (κ3) is 5.23. The Balaban J connectivity index is 2.52. The third-order valence-electron chi connectivity index (χ3n) is 3.37. The van der Waals surface area contributed by atoms with E-state index in [2.05, 4.69) is 5.18 Å². The molecular weight excluding hydrogens is 394 g/mol. The smallest absolute Gasteiger partial charge is 0.166 e. The molecule has 0 bridgehead atoms. The average molecular weight is 406 g/mol. The first-order valence-corrected chi connectivity index (χ1v) is 8.94. The van der Waals surface area contributed by atoms with Gasteiger partial charge in [-0.1, -0.05) is 40.5 Å². The van der Waals surface area contributed by atoms with Crippen LogP contribution >= 0.6 is 35.0 Å². The number of rotatable bonds is 5. The molecule has 132 valence electrons. The SMILES string of the molecule is CSc1ccc(C(C=C(c2cc(Cl)cc(Cl)c2)C(F)(F)F)N=O)cc1. The fraction of sp³-hybridized carbons (Fsp3) is 0.176. The van der Waals surface area contributed by atoms with Gasteiger partial charge in [-0.15, -0.1) is 16.7 Å². The molecule has 8 heteroatoms. The van der Waals surface area contributed by atoms with Gasteiger partial charge in [0.05, 0.1) is 5.57 Å². The van der Waals surface area contributed by atoms with Crippen LogP contribution in [0.25, 0.3) is 5.57 Å². The van der Waals surface area contributed by atoms with E-state index in [1.165, 1.54) is 17.8 Å². The minimum atomic E-state index is -4.70. The van der Waals surface area contributed by atoms with Crippen molar-refractivity contribution in [2.45, 2.75) is 17.1 Å². The molecule has 0 aliphatic rings. The van der Waals surface area contributed by atoms with Gasteiger partial charge in [0.2, 0.25) is 0 Å². The maximum Gasteiger partial charge on any atom is 0.416 e. The Morgan fingerprint density at radius 3 is 2.12 bits per heavy atom. The van der Waals surface area contributed by atoms with E-state index in [0.717, 1.165) is 23.1 Å². The maximum absolute atomic E-state index is 13.5. The molecule has 1 atom stereocenters. The van der Waals surface area contributed by atoms with E-state index in [1.807, 2.05) is 6.26 Å². The molecule has 0 saturated heterocycles. The Labute approximate surface area is 157 Å². The molecule has 0 spiro atoms. The van der Waals surface area contributed by atoms with Crippen LogP contribution in [-0.2, 0) is 0 Å². The van der Waals surface area contributed by atoms with Crippen molar-refractivity contribution in [1.82, 2.24) is 0 Å². The van der Waals surface area contributed by atoms with E-state index in [-0.39, 0.29) is 15.6 Å². The highest BCUT2D eigenvalue weighted by atomic mass is 35.5. The highest BCUT2D eigenvalue weighted by molar-refractivity contribution is 7.98. The highest BCUT2D eigenvalue weighted by Gasteiger charge is 2.36. The van der Waals surface area contributed by atoms with Gasteiger partial charge in [0.15, 0.2) is 0 Å². The largest absolute Gasteiger partial charge is 0.416 e. The quantitative estimate of drug-likeness (QED) is 0.389. The van der Waals surface area contributed by atoms with Gasteiger partial charge in [0.25, 0.3) is 0 Å². The van der Waals surface area contributed by atoms with Crippen LogP contribution in [0.5, 0.6) is 0 Å². The molecule has 1 unspecified atom stereocenters. The monoisotopic (exact) mass is 405 g/mol. The zero-order chi connectivity index (χ0) is 18.6. The second-order valence-electron chi connectivity index (χ2n) is 5.06. The van der Waals surface area contributed by atoms with Crippen LogP contribution in [0.1, 0.15) is 17.2 Å². The van der Waals surface area contributed by atoms with Gasteiger partial charge >= 0.3 is 6.18 Å². The van der Waals surface area contributed by atoms with Crippen molar-refractivity contribution < 1.29 is 13.2 Å². The second kappa shape index (κ2) is 8.25. The lowest BCUT2D eigenvalue weighted by Crippen LogP contribution is -2.12. The van der Waals surface area contributed by atoms with E-state index in [1.54, 1.807) is 24.3 Å². The van der Waals surface area contributed by atoms with Crippen LogP contribution in [-0.4, -0.2) is 12.4 Å². The summed E-state index contributed by atoms with van der Waals surface area (Å²) in [6.07, 6.45) is -2.05. The van der Waals surface area contributed by atoms with Gasteiger partial charge in [0.1, 0.15) is 6.04 Å². The zero-order valence-electron chi connectivity index (χ0n) is 12.8. The summed E-state index contributed by atoms with van der Waals surface area (Å²) in [4.78, 5) is 12.1. The molecule has 0 fully saturated rings. The second-order valence-corrected chi connectivity index (χ2v) is 6.81. The number of benzene rings is 2. The van der Waals surface area contributed by atoms with Crippen LogP contribution in [0.15, 0.2) is 58.6 Å². The number of hydrogen-bond acceptors (Lipinski definition) is 3. The molecule has 0 aromatic heterocycles. The number of alkyl halides is 3. The van der Waals surface area contributed by atoms with E-state index in [4.69, 9.17) is 23.2 Å². The van der Waals surface area contributed by atoms with Crippen molar-refractivity contribution >= 4 is 40.5 Å². The lowest BCUT2D eigenvalue weighted by molar-refractivity contribution is -0.0691. The number of halogens is 5. The number of allylic oxidation sites excluding steroid dienone is 1. The first kappa shape index (κ1) is 19.8. The number of thioether (sulfide) groups is 1. The zero-order valence-corrected chi connectivity index (χ0v) is 15.2. The van der Waals surface area contributed by atoms with Crippen LogP contribution in [0.2, 0.25) is 10.0 Å². The molecule has 0 heterocycles. The lowest BCUT2D eigenvalue weighted by Gasteiger charge is -2.15. The van der Waals surface area contributed by atoms with Gasteiger partial charge in [-0.3, -0.25) is 0 Å². The molecule has 25 heavy (non-hydrogen) atoms. The fourth-order valence-electron chi connectivity index (χ4n) is 2.21. The van der Waals surface area contributed by atoms with Crippen LogP contribution in [0.3, 0.4) is 0 Å². The Hall–Kier alpha value is -1.50. The Kier molecular flexibility index (Phi) is 6.54. The number of nitrogens with zero attached hydrogens (tertiary/aromatic N) is 1. The molecule has 0 radical (unpaired) electrons. The van der Waals surface area contributed by atoms with Crippen molar-refractivity contribution in [2.75, 3.05) is 6.26 Å². The normalized spacial score (nSPS) is 13.6. The Bertz CT molecular complexity index is 771. The Morgan fingerprint density at radius 2 is 1.68 bits per heavy atom. The summed E-state index contributed by atoms with van der Waals surface area (Å²) in [5.41, 5.74) is -0.877. The van der Waals surface area contributed by atoms with Gasteiger partial charge < -0.3 is 0 Å². The minimum absolute atomic E-state index is 0.0672. The molecule has 2 nitrogen and oxygen atoms in total. The van der Waals surface area contributed by atoms with E-state index in [0.29, 0.717) is 5.56 Å². The summed E-state index contributed by atoms with van der Waals surface area (Å²) in [6.45, 7) is 0. The van der Waals surface area contributed by atoms with Crippen molar-refractivity contribution in [3.63, 3.8) is 0 Å². The van der Waals surface area contributed by atoms with Gasteiger partial charge in [-0.25, -0.2) is 0 Å². The minimum Gasteiger partial charge on any atom is -0.166 e. The predicted octanol–water partition coefficient (Wildman–Crippen LogP) is 7.17. The molecular formula is C17H12Cl2F3NOS. The van der Waals surface area contributed by atoms with Gasteiger partial charge in [-0.2, -0.15) is 13.2 Å². The van der Waals surface area contributed by atoms with E-state index < -0.39 is 17.8 Å². The molecule has 0 aliphatic carbocycles. The summed E-state index contributed by atoms with van der Waals surface area (Å²) in [5.74, 6) is 0. The molecule has 0 aliphatic heterocycles. The van der Waals surface area contributed by atoms with Crippen molar-refractivity contribution in [1.29, 1.82) is 0 Å². The third-order valence-corrected chi connectivity index (χ3v) is 4.55. The van der Waals surface area contributed by atoms with Crippen molar-refractivity contribution in [3.05, 3.63) is 74.6 Å². The number of nitroso groups, excluding NO2 is 1. The molecule has 0 saturated carbocycles. The maximum atomic E-state index is 13.5. The van der Waals surface area contributed by atoms with E-state index in [9.17, 15) is 18.1 Å². The van der Waals surface area contributed by atoms with Crippen molar-refractivity contribution in [2.24, 2.45) is 5.18 Å². The average Bonchev–Trinajstić information content (AvgIpc) is 2.54. The van der Waals surface area contributed by atoms with E-state index >= 15 is 0 Å². The van der Waals surface area contributed by atoms with Crippen LogP contribution in [0.4, 0.5) is 13.2 Å². The number of hydrogen-bond donors (Lipinski definition) is 0. The topological polar surface area (TPSA) is 29.4 Å². The molecule has 0 N–H and O–H groups in total. The Morgan fingerprint density at radius 1 is 1.12 bits per heavy atom. The molecule has 2 rings (SSSR count). The lowest BCUT2D eigenvalue weighted by atomic mass is 9.99. The first-order valence-electron chi connectivity index (χ1n) is 6.96. The van der Waals surface area contributed by atoms with Gasteiger partial charge in [-0.05, 0) is 53.8 Å². The summed E-state index contributed by atoms with van der Waals surface area (Å²) >= 11 is 13.1. The molecule has 0 amide bonds. The highest BCUT2D eigenvalue weighted by Crippen LogP contribution is 2.38. The molecule has 2 aromatic carbocycles. The fourth-order valence-corrected chi connectivity index (χ4v) is 3.14. The van der Waals surface area contributed by atoms with Crippen molar-refractivity contribution in [3.8, 4) is 0 Å². The predicted molar refractivity (Wildman–Crippen MR) is 97.3 cm³/mol.